The molecule has 5 heteroatoms. The van der Waals surface area contributed by atoms with Crippen molar-refractivity contribution in [3.05, 3.63) is 46.6 Å². The Morgan fingerprint density at radius 3 is 2.69 bits per heavy atom. The van der Waals surface area contributed by atoms with E-state index in [1.165, 1.54) is 24.8 Å². The van der Waals surface area contributed by atoms with Crippen molar-refractivity contribution in [1.82, 2.24) is 4.57 Å². The summed E-state index contributed by atoms with van der Waals surface area (Å²) in [5, 5.41) is 12.9. The molecule has 0 atom stereocenters. The number of nitrogens with zero attached hydrogens (tertiary/aromatic N) is 3. The number of fused-ring (bicyclic) bond motifs is 1. The molecule has 1 aliphatic carbocycles. The number of para-hydroxylation sites is 1. The van der Waals surface area contributed by atoms with Gasteiger partial charge in [-0.3, -0.25) is 4.79 Å². The average molecular weight is 391 g/mol. The third-order valence-corrected chi connectivity index (χ3v) is 6.61. The van der Waals surface area contributed by atoms with Gasteiger partial charge in [-0.1, -0.05) is 37.5 Å². The van der Waals surface area contributed by atoms with E-state index in [1.807, 2.05) is 13.0 Å². The van der Waals surface area contributed by atoms with Crippen LogP contribution in [0.15, 0.2) is 24.3 Å². The maximum atomic E-state index is 13.0. The highest BCUT2D eigenvalue weighted by Crippen LogP contribution is 2.37. The third kappa shape index (κ3) is 3.76. The topological polar surface area (TPSA) is 61.1 Å². The second-order valence-corrected chi connectivity index (χ2v) is 8.41. The first-order valence-corrected chi connectivity index (χ1v) is 10.8. The van der Waals surface area contributed by atoms with Gasteiger partial charge in [0.05, 0.1) is 12.1 Å². The largest absolute Gasteiger partial charge is 0.362 e. The Labute approximate surface area is 173 Å². The molecule has 4 rings (SSSR count). The lowest BCUT2D eigenvalue weighted by Gasteiger charge is -2.31. The van der Waals surface area contributed by atoms with E-state index in [9.17, 15) is 10.1 Å². The van der Waals surface area contributed by atoms with Gasteiger partial charge < -0.3 is 14.8 Å². The second-order valence-electron chi connectivity index (χ2n) is 8.41. The standard InChI is InChI=1S/C24H30N4O/c1-17-18(2)28(20-11-4-3-5-12-20)24(21(17)15-25)26-23(29)16-27-14-8-10-19-9-6-7-13-22(19)27/h6-7,9,13,20H,3-5,8,10-12,14,16H2,1-2H3,(H,26,29). The van der Waals surface area contributed by atoms with E-state index < -0.39 is 0 Å². The summed E-state index contributed by atoms with van der Waals surface area (Å²) in [7, 11) is 0. The predicted molar refractivity (Wildman–Crippen MR) is 116 cm³/mol. The molecule has 1 fully saturated rings. The molecule has 1 N–H and O–H groups in total. The molecular weight excluding hydrogens is 360 g/mol. The summed E-state index contributed by atoms with van der Waals surface area (Å²) in [6.45, 7) is 5.26. The number of hydrogen-bond donors (Lipinski definition) is 1. The van der Waals surface area contributed by atoms with Crippen LogP contribution >= 0.6 is 0 Å². The molecule has 0 radical (unpaired) electrons. The molecule has 2 aromatic rings. The first-order chi connectivity index (χ1) is 14.1. The van der Waals surface area contributed by atoms with Crippen LogP contribution in [0.25, 0.3) is 0 Å². The first-order valence-electron chi connectivity index (χ1n) is 10.8. The van der Waals surface area contributed by atoms with Crippen LogP contribution in [0.3, 0.4) is 0 Å². The highest BCUT2D eigenvalue weighted by Gasteiger charge is 2.27. The van der Waals surface area contributed by atoms with Crippen molar-refractivity contribution in [3.8, 4) is 6.07 Å². The molecule has 0 saturated heterocycles. The summed E-state index contributed by atoms with van der Waals surface area (Å²) >= 11 is 0. The quantitative estimate of drug-likeness (QED) is 0.810. The first kappa shape index (κ1) is 19.6. The van der Waals surface area contributed by atoms with Gasteiger partial charge in [0.1, 0.15) is 11.9 Å². The SMILES string of the molecule is Cc1c(C#N)c(NC(=O)CN2CCCc3ccccc32)n(C2CCCCC2)c1C. The zero-order valence-electron chi connectivity index (χ0n) is 17.5. The van der Waals surface area contributed by atoms with Crippen LogP contribution in [0.2, 0.25) is 0 Å². The van der Waals surface area contributed by atoms with Crippen LogP contribution in [-0.2, 0) is 11.2 Å². The fourth-order valence-electron chi connectivity index (χ4n) is 5.00. The summed E-state index contributed by atoms with van der Waals surface area (Å²) in [6.07, 6.45) is 8.05. The summed E-state index contributed by atoms with van der Waals surface area (Å²) in [5.41, 5.74) is 5.16. The van der Waals surface area contributed by atoms with Crippen molar-refractivity contribution >= 4 is 17.4 Å². The molecule has 0 bridgehead atoms. The lowest BCUT2D eigenvalue weighted by atomic mass is 9.95. The Kier molecular flexibility index (Phi) is 5.62. The average Bonchev–Trinajstić information content (AvgIpc) is 2.98. The van der Waals surface area contributed by atoms with Crippen molar-refractivity contribution in [1.29, 1.82) is 5.26 Å². The Balaban J connectivity index is 1.58. The number of anilines is 2. The van der Waals surface area contributed by atoms with E-state index >= 15 is 0 Å². The number of hydrogen-bond acceptors (Lipinski definition) is 3. The van der Waals surface area contributed by atoms with Crippen molar-refractivity contribution < 1.29 is 4.79 Å². The Morgan fingerprint density at radius 1 is 1.17 bits per heavy atom. The minimum Gasteiger partial charge on any atom is -0.362 e. The van der Waals surface area contributed by atoms with E-state index in [2.05, 4.69) is 46.0 Å². The van der Waals surface area contributed by atoms with E-state index in [1.54, 1.807) is 0 Å². The molecule has 5 nitrogen and oxygen atoms in total. The molecule has 0 spiro atoms. The molecule has 1 amide bonds. The van der Waals surface area contributed by atoms with Crippen LogP contribution in [0.1, 0.15) is 67.0 Å². The highest BCUT2D eigenvalue weighted by molar-refractivity contribution is 5.95. The van der Waals surface area contributed by atoms with Crippen molar-refractivity contribution in [2.24, 2.45) is 0 Å². The van der Waals surface area contributed by atoms with Crippen LogP contribution in [0.4, 0.5) is 11.5 Å². The molecule has 2 heterocycles. The minimum atomic E-state index is -0.0484. The number of nitrogens with one attached hydrogen (secondary N) is 1. The number of benzene rings is 1. The molecule has 1 aliphatic heterocycles. The van der Waals surface area contributed by atoms with Crippen molar-refractivity contribution in [3.63, 3.8) is 0 Å². The lowest BCUT2D eigenvalue weighted by Crippen LogP contribution is -2.37. The Bertz CT molecular complexity index is 947. The zero-order chi connectivity index (χ0) is 20.4. The van der Waals surface area contributed by atoms with Gasteiger partial charge in [0.15, 0.2) is 0 Å². The summed E-state index contributed by atoms with van der Waals surface area (Å²) < 4.78 is 2.23. The lowest BCUT2D eigenvalue weighted by molar-refractivity contribution is -0.115. The van der Waals surface area contributed by atoms with Gasteiger partial charge in [-0.25, -0.2) is 0 Å². The summed E-state index contributed by atoms with van der Waals surface area (Å²) in [5.74, 6) is 0.650. The fourth-order valence-corrected chi connectivity index (χ4v) is 5.00. The van der Waals surface area contributed by atoms with Crippen LogP contribution in [-0.4, -0.2) is 23.6 Å². The van der Waals surface area contributed by atoms with Gasteiger partial charge in [0.25, 0.3) is 0 Å². The van der Waals surface area contributed by atoms with E-state index in [0.29, 0.717) is 24.0 Å². The summed E-state index contributed by atoms with van der Waals surface area (Å²) in [6, 6.07) is 11.0. The molecule has 152 valence electrons. The predicted octanol–water partition coefficient (Wildman–Crippen LogP) is 4.87. The number of rotatable bonds is 4. The van der Waals surface area contributed by atoms with Crippen molar-refractivity contribution in [2.45, 2.75) is 64.8 Å². The maximum absolute atomic E-state index is 13.0. The highest BCUT2D eigenvalue weighted by atomic mass is 16.2. The molecule has 1 saturated carbocycles. The maximum Gasteiger partial charge on any atom is 0.245 e. The Morgan fingerprint density at radius 2 is 1.93 bits per heavy atom. The molecule has 1 aromatic carbocycles. The molecule has 1 aromatic heterocycles. The third-order valence-electron chi connectivity index (χ3n) is 6.61. The number of amides is 1. The van der Waals surface area contributed by atoms with Gasteiger partial charge in [-0.05, 0) is 56.7 Å². The van der Waals surface area contributed by atoms with E-state index in [-0.39, 0.29) is 5.91 Å². The fraction of sp³-hybridized carbons (Fsp3) is 0.500. The molecule has 29 heavy (non-hydrogen) atoms. The van der Waals surface area contributed by atoms with Gasteiger partial charge >= 0.3 is 0 Å². The van der Waals surface area contributed by atoms with E-state index in [0.717, 1.165) is 49.2 Å². The van der Waals surface area contributed by atoms with Gasteiger partial charge in [0.2, 0.25) is 5.91 Å². The van der Waals surface area contributed by atoms with Crippen molar-refractivity contribution in [2.75, 3.05) is 23.3 Å². The Hall–Kier alpha value is -2.74. The summed E-state index contributed by atoms with van der Waals surface area (Å²) in [4.78, 5) is 15.2. The molecule has 0 unspecified atom stereocenters. The normalized spacial score (nSPS) is 16.9. The number of aryl methyl sites for hydroxylation is 1. The van der Waals surface area contributed by atoms with Gasteiger partial charge in [0, 0.05) is 24.0 Å². The number of nitriles is 1. The number of carbonyl (C=O) groups excluding carboxylic acids is 1. The number of aromatic nitrogens is 1. The number of carbonyl (C=O) groups is 1. The van der Waals surface area contributed by atoms with Crippen LogP contribution in [0, 0.1) is 25.2 Å². The zero-order valence-corrected chi connectivity index (χ0v) is 17.5. The molecular formula is C24H30N4O. The second kappa shape index (κ2) is 8.32. The van der Waals surface area contributed by atoms with Gasteiger partial charge in [-0.15, -0.1) is 0 Å². The monoisotopic (exact) mass is 390 g/mol. The van der Waals surface area contributed by atoms with E-state index in [4.69, 9.17) is 0 Å². The molecule has 2 aliphatic rings. The minimum absolute atomic E-state index is 0.0484. The van der Waals surface area contributed by atoms with Crippen LogP contribution < -0.4 is 10.2 Å². The smallest absolute Gasteiger partial charge is 0.245 e. The van der Waals surface area contributed by atoms with Gasteiger partial charge in [-0.2, -0.15) is 5.26 Å². The van der Waals surface area contributed by atoms with Crippen LogP contribution in [0.5, 0.6) is 0 Å².